The second-order valence-corrected chi connectivity index (χ2v) is 9.48. The third-order valence-electron chi connectivity index (χ3n) is 4.50. The van der Waals surface area contributed by atoms with Crippen LogP contribution >= 0.6 is 11.3 Å². The molecule has 0 spiro atoms. The summed E-state index contributed by atoms with van der Waals surface area (Å²) in [7, 11) is -3.74. The second-order valence-electron chi connectivity index (χ2n) is 6.66. The van der Waals surface area contributed by atoms with E-state index in [4.69, 9.17) is 0 Å². The number of aromatic nitrogens is 1. The first kappa shape index (κ1) is 19.4. The molecule has 1 aromatic heterocycles. The van der Waals surface area contributed by atoms with Gasteiger partial charge in [-0.25, -0.2) is 12.4 Å². The van der Waals surface area contributed by atoms with E-state index in [1.807, 2.05) is 67.6 Å². The van der Waals surface area contributed by atoms with Crippen molar-refractivity contribution in [3.8, 4) is 10.4 Å². The van der Waals surface area contributed by atoms with Crippen molar-refractivity contribution in [3.05, 3.63) is 107 Å². The zero-order valence-corrected chi connectivity index (χ0v) is 17.5. The molecule has 0 amide bonds. The topological polar surface area (TPSA) is 51.4 Å². The molecule has 29 heavy (non-hydrogen) atoms. The molecule has 0 N–H and O–H groups in total. The highest BCUT2D eigenvalue weighted by molar-refractivity contribution is 7.90. The van der Waals surface area contributed by atoms with E-state index in [0.717, 1.165) is 21.6 Å². The van der Waals surface area contributed by atoms with Gasteiger partial charge in [0.05, 0.1) is 16.3 Å². The Kier molecular flexibility index (Phi) is 5.47. The van der Waals surface area contributed by atoms with Gasteiger partial charge >= 0.3 is 0 Å². The molecule has 0 radical (unpaired) electrons. The Bertz CT molecular complexity index is 1270. The van der Waals surface area contributed by atoms with E-state index in [1.165, 1.54) is 15.3 Å². The molecular weight excluding hydrogens is 400 g/mol. The van der Waals surface area contributed by atoms with Crippen molar-refractivity contribution < 1.29 is 8.42 Å². The van der Waals surface area contributed by atoms with Crippen LogP contribution < -0.4 is 4.80 Å². The van der Waals surface area contributed by atoms with Gasteiger partial charge in [0.25, 0.3) is 10.0 Å². The third kappa shape index (κ3) is 4.23. The molecule has 3 aromatic carbocycles. The van der Waals surface area contributed by atoms with E-state index in [2.05, 4.69) is 4.99 Å². The lowest BCUT2D eigenvalue weighted by Gasteiger charge is -2.06. The smallest absolute Gasteiger partial charge is 0.253 e. The summed E-state index contributed by atoms with van der Waals surface area (Å²) in [6, 6.07) is 26.4. The first-order valence-corrected chi connectivity index (χ1v) is 11.4. The molecule has 146 valence electrons. The highest BCUT2D eigenvalue weighted by Gasteiger charge is 2.20. The lowest BCUT2D eigenvalue weighted by atomic mass is 10.2. The van der Waals surface area contributed by atoms with Gasteiger partial charge in [0.1, 0.15) is 0 Å². The van der Waals surface area contributed by atoms with Gasteiger partial charge < -0.3 is 0 Å². The standard InChI is InChI=1S/C23H20N2O2S2/c1-18-12-14-21(15-13-18)29(26,27)25-17-22(20-10-6-3-7-11-20)28-23(25)24-16-19-8-4-2-5-9-19/h2-15,17H,16H2,1H3. The van der Waals surface area contributed by atoms with Crippen LogP contribution in [-0.2, 0) is 16.6 Å². The van der Waals surface area contributed by atoms with Crippen LogP contribution in [0.15, 0.2) is 101 Å². The van der Waals surface area contributed by atoms with Gasteiger partial charge in [0.15, 0.2) is 4.80 Å². The number of benzene rings is 3. The normalized spacial score (nSPS) is 12.2. The average Bonchev–Trinajstić information content (AvgIpc) is 3.19. The van der Waals surface area contributed by atoms with Crippen LogP contribution in [0.25, 0.3) is 10.4 Å². The van der Waals surface area contributed by atoms with Gasteiger partial charge in [-0.1, -0.05) is 89.7 Å². The largest absolute Gasteiger partial charge is 0.270 e. The van der Waals surface area contributed by atoms with Crippen molar-refractivity contribution in [1.82, 2.24) is 3.97 Å². The molecule has 0 fully saturated rings. The van der Waals surface area contributed by atoms with E-state index in [1.54, 1.807) is 30.5 Å². The summed E-state index contributed by atoms with van der Waals surface area (Å²) in [5, 5.41) is 0. The zero-order valence-electron chi connectivity index (χ0n) is 15.9. The maximum Gasteiger partial charge on any atom is 0.270 e. The SMILES string of the molecule is Cc1ccc(S(=O)(=O)n2cc(-c3ccccc3)sc2=NCc2ccccc2)cc1. The molecule has 0 aliphatic carbocycles. The van der Waals surface area contributed by atoms with Gasteiger partial charge in [-0.2, -0.15) is 0 Å². The number of hydrogen-bond donors (Lipinski definition) is 0. The van der Waals surface area contributed by atoms with Crippen LogP contribution in [0.1, 0.15) is 11.1 Å². The van der Waals surface area contributed by atoms with E-state index in [-0.39, 0.29) is 4.90 Å². The van der Waals surface area contributed by atoms with E-state index in [9.17, 15) is 8.42 Å². The van der Waals surface area contributed by atoms with Crippen molar-refractivity contribution in [2.75, 3.05) is 0 Å². The van der Waals surface area contributed by atoms with Gasteiger partial charge in [-0.05, 0) is 30.2 Å². The minimum absolute atomic E-state index is 0.252. The molecule has 0 bridgehead atoms. The summed E-state index contributed by atoms with van der Waals surface area (Å²) >= 11 is 1.37. The van der Waals surface area contributed by atoms with E-state index in [0.29, 0.717) is 11.3 Å². The molecule has 4 rings (SSSR count). The third-order valence-corrected chi connectivity index (χ3v) is 7.35. The van der Waals surface area contributed by atoms with Gasteiger partial charge in [-0.3, -0.25) is 4.99 Å². The minimum Gasteiger partial charge on any atom is -0.253 e. The van der Waals surface area contributed by atoms with Gasteiger partial charge in [0, 0.05) is 6.20 Å². The van der Waals surface area contributed by atoms with Crippen LogP contribution in [0.3, 0.4) is 0 Å². The molecule has 0 saturated carbocycles. The summed E-state index contributed by atoms with van der Waals surface area (Å²) in [5.74, 6) is 0. The second kappa shape index (κ2) is 8.19. The molecule has 0 atom stereocenters. The molecule has 0 aliphatic heterocycles. The number of rotatable bonds is 5. The Morgan fingerprint density at radius 2 is 1.48 bits per heavy atom. The first-order chi connectivity index (χ1) is 14.0. The summed E-state index contributed by atoms with van der Waals surface area (Å²) in [4.78, 5) is 6.19. The monoisotopic (exact) mass is 420 g/mol. The number of hydrogen-bond acceptors (Lipinski definition) is 4. The van der Waals surface area contributed by atoms with Crippen molar-refractivity contribution >= 4 is 21.4 Å². The van der Waals surface area contributed by atoms with E-state index >= 15 is 0 Å². The fourth-order valence-electron chi connectivity index (χ4n) is 2.91. The number of nitrogens with zero attached hydrogens (tertiary/aromatic N) is 2. The minimum atomic E-state index is -3.74. The molecular formula is C23H20N2O2S2. The number of aryl methyl sites for hydroxylation is 1. The molecule has 4 aromatic rings. The maximum atomic E-state index is 13.3. The van der Waals surface area contributed by atoms with E-state index < -0.39 is 10.0 Å². The Morgan fingerprint density at radius 3 is 2.14 bits per heavy atom. The molecule has 6 heteroatoms. The Labute approximate surface area is 174 Å². The van der Waals surface area contributed by atoms with Crippen molar-refractivity contribution in [1.29, 1.82) is 0 Å². The predicted octanol–water partition coefficient (Wildman–Crippen LogP) is 4.86. The average molecular weight is 421 g/mol. The Morgan fingerprint density at radius 1 is 0.862 bits per heavy atom. The number of thiazole rings is 1. The van der Waals surface area contributed by atoms with Gasteiger partial charge in [-0.15, -0.1) is 0 Å². The molecule has 0 aliphatic rings. The van der Waals surface area contributed by atoms with Crippen LogP contribution in [0.4, 0.5) is 0 Å². The Balaban J connectivity index is 1.85. The summed E-state index contributed by atoms with van der Waals surface area (Å²) in [5.41, 5.74) is 3.01. The lowest BCUT2D eigenvalue weighted by molar-refractivity contribution is 0.585. The van der Waals surface area contributed by atoms with Gasteiger partial charge in [0.2, 0.25) is 0 Å². The quantitative estimate of drug-likeness (QED) is 0.463. The molecule has 0 saturated heterocycles. The fraction of sp³-hybridized carbons (Fsp3) is 0.0870. The Hall–Kier alpha value is -2.96. The summed E-state index contributed by atoms with van der Waals surface area (Å²) in [6.07, 6.45) is 1.67. The zero-order chi connectivity index (χ0) is 20.3. The van der Waals surface area contributed by atoms with Crippen LogP contribution in [0.2, 0.25) is 0 Å². The maximum absolute atomic E-state index is 13.3. The highest BCUT2D eigenvalue weighted by Crippen LogP contribution is 2.24. The molecule has 4 nitrogen and oxygen atoms in total. The molecule has 1 heterocycles. The van der Waals surface area contributed by atoms with Crippen molar-refractivity contribution in [2.45, 2.75) is 18.4 Å². The highest BCUT2D eigenvalue weighted by atomic mass is 32.2. The summed E-state index contributed by atoms with van der Waals surface area (Å²) in [6.45, 7) is 2.35. The lowest BCUT2D eigenvalue weighted by Crippen LogP contribution is -2.23. The summed E-state index contributed by atoms with van der Waals surface area (Å²) < 4.78 is 28.0. The fourth-order valence-corrected chi connectivity index (χ4v) is 5.48. The first-order valence-electron chi connectivity index (χ1n) is 9.18. The predicted molar refractivity (Wildman–Crippen MR) is 117 cm³/mol. The van der Waals surface area contributed by atoms with Crippen molar-refractivity contribution in [2.24, 2.45) is 4.99 Å². The molecule has 0 unspecified atom stereocenters. The van der Waals surface area contributed by atoms with Crippen molar-refractivity contribution in [3.63, 3.8) is 0 Å². The van der Waals surface area contributed by atoms with Crippen LogP contribution in [0, 0.1) is 6.92 Å². The van der Waals surface area contributed by atoms with Crippen LogP contribution in [0.5, 0.6) is 0 Å². The van der Waals surface area contributed by atoms with Crippen LogP contribution in [-0.4, -0.2) is 12.4 Å².